The highest BCUT2D eigenvalue weighted by molar-refractivity contribution is 6.38. The van der Waals surface area contributed by atoms with Crippen molar-refractivity contribution in [3.8, 4) is 0 Å². The fraction of sp³-hybridized carbons (Fsp3) is 0.217. The highest BCUT2D eigenvalue weighted by Gasteiger charge is 2.44. The third kappa shape index (κ3) is 2.13. The average Bonchev–Trinajstić information content (AvgIpc) is 3.26. The van der Waals surface area contributed by atoms with Crippen molar-refractivity contribution in [3.63, 3.8) is 0 Å². The second kappa shape index (κ2) is 5.83. The molecule has 0 bridgehead atoms. The van der Waals surface area contributed by atoms with Crippen LogP contribution >= 0.6 is 0 Å². The number of likely N-dealkylation sites (N-methyl/N-ethyl adjacent to an activating group) is 1. The van der Waals surface area contributed by atoms with Gasteiger partial charge in [-0.2, -0.15) is 0 Å². The number of hydrogen-bond acceptors (Lipinski definition) is 3. The van der Waals surface area contributed by atoms with Gasteiger partial charge in [-0.3, -0.25) is 14.9 Å². The van der Waals surface area contributed by atoms with Crippen LogP contribution in [-0.2, 0) is 16.6 Å². The normalized spacial score (nSPS) is 21.6. The summed E-state index contributed by atoms with van der Waals surface area (Å²) in [7, 11) is 4.00. The molecule has 1 aromatic heterocycles. The molecule has 2 amide bonds. The number of para-hydroxylation sites is 2. The number of amides is 2. The van der Waals surface area contributed by atoms with E-state index in [0.717, 1.165) is 27.7 Å². The number of carbonyl (C=O) groups is 2. The molecule has 2 aliphatic heterocycles. The highest BCUT2D eigenvalue weighted by atomic mass is 16.2. The second-order valence-electron chi connectivity index (χ2n) is 7.63. The molecule has 0 saturated heterocycles. The minimum Gasteiger partial charge on any atom is -0.371 e. The van der Waals surface area contributed by atoms with Crippen molar-refractivity contribution in [3.05, 3.63) is 71.4 Å². The number of aromatic nitrogens is 1. The quantitative estimate of drug-likeness (QED) is 0.704. The molecule has 0 fully saturated rings. The van der Waals surface area contributed by atoms with E-state index < -0.39 is 0 Å². The lowest BCUT2D eigenvalue weighted by molar-refractivity contribution is -0.123. The van der Waals surface area contributed by atoms with Crippen molar-refractivity contribution in [2.24, 2.45) is 7.05 Å². The van der Waals surface area contributed by atoms with Gasteiger partial charge < -0.3 is 9.47 Å². The van der Waals surface area contributed by atoms with Gasteiger partial charge in [0.2, 0.25) is 0 Å². The first-order valence-corrected chi connectivity index (χ1v) is 9.45. The van der Waals surface area contributed by atoms with Gasteiger partial charge in [0.05, 0.1) is 5.57 Å². The Balaban J connectivity index is 1.80. The van der Waals surface area contributed by atoms with Crippen molar-refractivity contribution in [1.82, 2.24) is 9.88 Å². The van der Waals surface area contributed by atoms with Gasteiger partial charge in [-0.25, -0.2) is 0 Å². The van der Waals surface area contributed by atoms with E-state index in [1.165, 1.54) is 0 Å². The Morgan fingerprint density at radius 2 is 1.64 bits per heavy atom. The molecule has 28 heavy (non-hydrogen) atoms. The van der Waals surface area contributed by atoms with Crippen LogP contribution in [0.2, 0.25) is 0 Å². The van der Waals surface area contributed by atoms with E-state index in [2.05, 4.69) is 29.3 Å². The zero-order valence-corrected chi connectivity index (χ0v) is 16.1. The van der Waals surface area contributed by atoms with E-state index >= 15 is 0 Å². The molecule has 0 saturated carbocycles. The lowest BCUT2D eigenvalue weighted by Crippen LogP contribution is -2.31. The van der Waals surface area contributed by atoms with Crippen molar-refractivity contribution in [1.29, 1.82) is 0 Å². The van der Waals surface area contributed by atoms with Gasteiger partial charge in [-0.15, -0.1) is 0 Å². The van der Waals surface area contributed by atoms with Crippen LogP contribution in [0.3, 0.4) is 0 Å². The Labute approximate surface area is 163 Å². The topological polar surface area (TPSA) is 54.3 Å². The maximum Gasteiger partial charge on any atom is 0.259 e. The lowest BCUT2D eigenvalue weighted by Gasteiger charge is -2.23. The number of carbonyl (C=O) groups excluding carboxylic acids is 2. The minimum atomic E-state index is -0.310. The summed E-state index contributed by atoms with van der Waals surface area (Å²) in [6, 6.07) is 16.2. The SMILES string of the molecule is CC1C(C2=C(c3cn(C)c4ccccc34)C(=O)NC2=O)c2ccccc2N1C. The van der Waals surface area contributed by atoms with Crippen LogP contribution < -0.4 is 10.2 Å². The zero-order valence-electron chi connectivity index (χ0n) is 16.1. The third-order valence-corrected chi connectivity index (χ3v) is 6.19. The molecule has 140 valence electrons. The minimum absolute atomic E-state index is 0.0778. The van der Waals surface area contributed by atoms with Gasteiger partial charge >= 0.3 is 0 Å². The number of anilines is 1. The fourth-order valence-corrected chi connectivity index (χ4v) is 4.75. The average molecular weight is 371 g/mol. The van der Waals surface area contributed by atoms with E-state index in [-0.39, 0.29) is 23.8 Å². The molecule has 3 heterocycles. The molecule has 0 aliphatic carbocycles. The van der Waals surface area contributed by atoms with Crippen LogP contribution in [0, 0.1) is 0 Å². The summed E-state index contributed by atoms with van der Waals surface area (Å²) < 4.78 is 2.00. The summed E-state index contributed by atoms with van der Waals surface area (Å²) in [6.07, 6.45) is 1.95. The van der Waals surface area contributed by atoms with E-state index in [1.54, 1.807) is 0 Å². The summed E-state index contributed by atoms with van der Waals surface area (Å²) in [5.41, 5.74) is 5.13. The number of nitrogens with one attached hydrogen (secondary N) is 1. The predicted octanol–water partition coefficient (Wildman–Crippen LogP) is 3.21. The van der Waals surface area contributed by atoms with E-state index in [9.17, 15) is 9.59 Å². The molecule has 2 atom stereocenters. The standard InChI is InChI=1S/C23H21N3O2/c1-13-19(15-9-5-7-11-18(15)26(13)3)21-20(22(27)24-23(21)28)16-12-25(2)17-10-6-4-8-14(16)17/h4-13,19H,1-3H3,(H,24,27,28). The summed E-state index contributed by atoms with van der Waals surface area (Å²) >= 11 is 0. The van der Waals surface area contributed by atoms with Gasteiger partial charge in [-0.1, -0.05) is 36.4 Å². The van der Waals surface area contributed by atoms with Gasteiger partial charge in [0.1, 0.15) is 0 Å². The van der Waals surface area contributed by atoms with Crippen LogP contribution in [0.4, 0.5) is 5.69 Å². The van der Waals surface area contributed by atoms with E-state index in [0.29, 0.717) is 11.1 Å². The molecule has 5 rings (SSSR count). The molecular formula is C23H21N3O2. The molecule has 5 heteroatoms. The van der Waals surface area contributed by atoms with Crippen molar-refractivity contribution in [2.75, 3.05) is 11.9 Å². The van der Waals surface area contributed by atoms with Gasteiger partial charge in [-0.05, 0) is 24.6 Å². The zero-order chi connectivity index (χ0) is 19.6. The number of imide groups is 1. The summed E-state index contributed by atoms with van der Waals surface area (Å²) in [5.74, 6) is -0.743. The molecule has 0 spiro atoms. The number of nitrogens with zero attached hydrogens (tertiary/aromatic N) is 2. The number of rotatable bonds is 2. The molecule has 2 unspecified atom stereocenters. The van der Waals surface area contributed by atoms with Crippen LogP contribution in [0.15, 0.2) is 60.3 Å². The molecule has 1 N–H and O–H groups in total. The Morgan fingerprint density at radius 3 is 2.46 bits per heavy atom. The first-order chi connectivity index (χ1) is 13.5. The maximum atomic E-state index is 12.9. The molecule has 2 aromatic carbocycles. The van der Waals surface area contributed by atoms with Gasteiger partial charge in [0.25, 0.3) is 11.8 Å². The summed E-state index contributed by atoms with van der Waals surface area (Å²) in [6.45, 7) is 2.11. The fourth-order valence-electron chi connectivity index (χ4n) is 4.75. The van der Waals surface area contributed by atoms with Crippen LogP contribution in [0.25, 0.3) is 16.5 Å². The first kappa shape index (κ1) is 16.8. The highest BCUT2D eigenvalue weighted by Crippen LogP contribution is 2.47. The number of aryl methyl sites for hydroxylation is 1. The van der Waals surface area contributed by atoms with E-state index in [1.807, 2.05) is 61.3 Å². The van der Waals surface area contributed by atoms with Gasteiger partial charge in [0, 0.05) is 60.0 Å². The third-order valence-electron chi connectivity index (χ3n) is 6.19. The monoisotopic (exact) mass is 371 g/mol. The Bertz CT molecular complexity index is 1190. The molecule has 2 aliphatic rings. The molecular weight excluding hydrogens is 350 g/mol. The van der Waals surface area contributed by atoms with E-state index in [4.69, 9.17) is 0 Å². The largest absolute Gasteiger partial charge is 0.371 e. The van der Waals surface area contributed by atoms with Crippen molar-refractivity contribution >= 4 is 34.0 Å². The molecule has 3 aromatic rings. The summed E-state index contributed by atoms with van der Waals surface area (Å²) in [4.78, 5) is 28.0. The second-order valence-corrected chi connectivity index (χ2v) is 7.63. The van der Waals surface area contributed by atoms with Crippen LogP contribution in [0.1, 0.15) is 24.0 Å². The maximum absolute atomic E-state index is 12.9. The number of benzene rings is 2. The smallest absolute Gasteiger partial charge is 0.259 e. The van der Waals surface area contributed by atoms with Crippen LogP contribution in [-0.4, -0.2) is 29.5 Å². The molecule has 5 nitrogen and oxygen atoms in total. The Hall–Kier alpha value is -3.34. The lowest BCUT2D eigenvalue weighted by atomic mass is 9.84. The predicted molar refractivity (Wildman–Crippen MR) is 110 cm³/mol. The van der Waals surface area contributed by atoms with Crippen molar-refractivity contribution in [2.45, 2.75) is 18.9 Å². The van der Waals surface area contributed by atoms with Crippen LogP contribution in [0.5, 0.6) is 0 Å². The number of hydrogen-bond donors (Lipinski definition) is 1. The van der Waals surface area contributed by atoms with Crippen molar-refractivity contribution < 1.29 is 9.59 Å². The Kier molecular flexibility index (Phi) is 3.50. The Morgan fingerprint density at radius 1 is 0.929 bits per heavy atom. The van der Waals surface area contributed by atoms with Gasteiger partial charge in [0.15, 0.2) is 0 Å². The first-order valence-electron chi connectivity index (χ1n) is 9.45. The molecule has 0 radical (unpaired) electrons. The number of fused-ring (bicyclic) bond motifs is 2. The summed E-state index contributed by atoms with van der Waals surface area (Å²) in [5, 5.41) is 3.53.